The zero-order valence-electron chi connectivity index (χ0n) is 28.8. The number of amides is 2. The van der Waals surface area contributed by atoms with Crippen molar-refractivity contribution in [1.82, 2.24) is 14.7 Å². The van der Waals surface area contributed by atoms with Crippen molar-refractivity contribution in [2.45, 2.75) is 64.3 Å². The fraction of sp³-hybridized carbons (Fsp3) is 0.432. The Balaban J connectivity index is 1.76. The first-order chi connectivity index (χ1) is 22.6. The van der Waals surface area contributed by atoms with Gasteiger partial charge >= 0.3 is 12.2 Å². The van der Waals surface area contributed by atoms with Gasteiger partial charge in [0.2, 0.25) is 0 Å². The summed E-state index contributed by atoms with van der Waals surface area (Å²) in [5.41, 5.74) is 1.26. The molecule has 3 aromatic rings. The molecule has 48 heavy (non-hydrogen) atoms. The van der Waals surface area contributed by atoms with E-state index in [0.717, 1.165) is 16.7 Å². The predicted molar refractivity (Wildman–Crippen MR) is 189 cm³/mol. The Morgan fingerprint density at radius 3 is 2.10 bits per heavy atom. The van der Waals surface area contributed by atoms with E-state index in [-0.39, 0.29) is 18.0 Å². The van der Waals surface area contributed by atoms with Crippen LogP contribution in [0.25, 0.3) is 0 Å². The van der Waals surface area contributed by atoms with E-state index >= 15 is 4.79 Å². The van der Waals surface area contributed by atoms with Gasteiger partial charge in [0.25, 0.3) is 0 Å². The molecule has 1 saturated heterocycles. The molecule has 0 unspecified atom stereocenters. The molecule has 3 aromatic carbocycles. The number of ether oxygens (including phenoxy) is 3. The van der Waals surface area contributed by atoms with E-state index < -0.39 is 23.5 Å². The van der Waals surface area contributed by atoms with E-state index in [1.807, 2.05) is 93.4 Å². The van der Waals surface area contributed by atoms with Crippen LogP contribution in [0.5, 0.6) is 5.75 Å². The van der Waals surface area contributed by atoms with Crippen molar-refractivity contribution in [3.8, 4) is 5.75 Å². The SMILES string of the molecule is CCOc1cc(C(C)(C)C)ccc1C1=N[C@@](C)(c2ccc(Cl)cc2)[C@@](C)(c2ccc(Cl)cc2)N1C(=O)N1CCN(C)[C@@H](OC(=O)OC)C1. The van der Waals surface area contributed by atoms with Gasteiger partial charge in [-0.2, -0.15) is 0 Å². The molecule has 2 amide bonds. The van der Waals surface area contributed by atoms with Crippen LogP contribution in [0.1, 0.15) is 63.8 Å². The molecule has 1 fully saturated rings. The lowest BCUT2D eigenvalue weighted by Gasteiger charge is -2.48. The Hall–Kier alpha value is -3.79. The minimum atomic E-state index is -1.08. The summed E-state index contributed by atoms with van der Waals surface area (Å²) in [4.78, 5) is 38.2. The Labute approximate surface area is 293 Å². The maximum absolute atomic E-state index is 15.2. The van der Waals surface area contributed by atoms with Crippen LogP contribution < -0.4 is 4.74 Å². The number of nitrogens with zero attached hydrogens (tertiary/aromatic N) is 4. The number of urea groups is 1. The lowest BCUT2D eigenvalue weighted by atomic mass is 9.71. The van der Waals surface area contributed by atoms with Gasteiger partial charge in [-0.05, 0) is 86.3 Å². The molecule has 2 heterocycles. The molecule has 0 N–H and O–H groups in total. The second-order valence-corrected chi connectivity index (χ2v) is 14.4. The van der Waals surface area contributed by atoms with E-state index in [9.17, 15) is 4.79 Å². The number of carbonyl (C=O) groups excluding carboxylic acids is 2. The van der Waals surface area contributed by atoms with Gasteiger partial charge in [-0.25, -0.2) is 9.59 Å². The lowest BCUT2D eigenvalue weighted by Crippen LogP contribution is -2.62. The van der Waals surface area contributed by atoms with Crippen molar-refractivity contribution < 1.29 is 23.8 Å². The summed E-state index contributed by atoms with van der Waals surface area (Å²) < 4.78 is 16.6. The maximum Gasteiger partial charge on any atom is 0.509 e. The molecule has 11 heteroatoms. The molecule has 9 nitrogen and oxygen atoms in total. The first-order valence-corrected chi connectivity index (χ1v) is 16.8. The van der Waals surface area contributed by atoms with Crippen LogP contribution >= 0.6 is 23.2 Å². The van der Waals surface area contributed by atoms with Crippen molar-refractivity contribution in [2.24, 2.45) is 4.99 Å². The molecule has 5 rings (SSSR count). The molecule has 256 valence electrons. The summed E-state index contributed by atoms with van der Waals surface area (Å²) in [6.45, 7) is 13.9. The Morgan fingerprint density at radius 1 is 0.938 bits per heavy atom. The van der Waals surface area contributed by atoms with Crippen molar-refractivity contribution in [1.29, 1.82) is 0 Å². The number of hydrogen-bond donors (Lipinski definition) is 0. The zero-order valence-corrected chi connectivity index (χ0v) is 30.4. The number of benzene rings is 3. The topological polar surface area (TPSA) is 83.9 Å². The van der Waals surface area contributed by atoms with Gasteiger partial charge in [0, 0.05) is 23.1 Å². The number of likely N-dealkylation sites (N-methyl/N-ethyl adjacent to an activating group) is 1. The summed E-state index contributed by atoms with van der Waals surface area (Å²) in [6.07, 6.45) is -1.51. The second-order valence-electron chi connectivity index (χ2n) is 13.6. The summed E-state index contributed by atoms with van der Waals surface area (Å²) >= 11 is 12.8. The summed E-state index contributed by atoms with van der Waals surface area (Å²) in [5, 5.41) is 1.17. The number of methoxy groups -OCH3 is 1. The van der Waals surface area contributed by atoms with Crippen LogP contribution in [-0.4, -0.2) is 79.3 Å². The zero-order chi connectivity index (χ0) is 35.0. The molecule has 0 aromatic heterocycles. The predicted octanol–water partition coefficient (Wildman–Crippen LogP) is 8.06. The van der Waals surface area contributed by atoms with Crippen molar-refractivity contribution in [2.75, 3.05) is 40.4 Å². The molecule has 3 atom stereocenters. The van der Waals surface area contributed by atoms with Gasteiger partial charge in [-0.3, -0.25) is 14.8 Å². The molecule has 2 aliphatic rings. The highest BCUT2D eigenvalue weighted by atomic mass is 35.5. The van der Waals surface area contributed by atoms with E-state index in [1.54, 1.807) is 9.80 Å². The van der Waals surface area contributed by atoms with Gasteiger partial charge in [-0.1, -0.05) is 74.3 Å². The first kappa shape index (κ1) is 35.5. The van der Waals surface area contributed by atoms with Crippen molar-refractivity contribution in [3.63, 3.8) is 0 Å². The van der Waals surface area contributed by atoms with Gasteiger partial charge in [-0.15, -0.1) is 0 Å². The Bertz CT molecular complexity index is 1690. The fourth-order valence-corrected chi connectivity index (χ4v) is 6.71. The Kier molecular flexibility index (Phi) is 10.1. The Morgan fingerprint density at radius 2 is 1.54 bits per heavy atom. The highest BCUT2D eigenvalue weighted by Crippen LogP contribution is 2.54. The number of amidine groups is 1. The highest BCUT2D eigenvalue weighted by molar-refractivity contribution is 6.30. The number of aliphatic imine (C=N–C) groups is 1. The minimum Gasteiger partial charge on any atom is -0.493 e. The molecular formula is C37H44Cl2N4O5. The molecule has 0 aliphatic carbocycles. The fourth-order valence-electron chi connectivity index (χ4n) is 6.46. The van der Waals surface area contributed by atoms with Crippen LogP contribution in [0.3, 0.4) is 0 Å². The maximum atomic E-state index is 15.2. The van der Waals surface area contributed by atoms with E-state index in [4.69, 9.17) is 42.4 Å². The molecule has 0 spiro atoms. The average molecular weight is 696 g/mol. The minimum absolute atomic E-state index is 0.129. The van der Waals surface area contributed by atoms with Crippen LogP contribution in [0, 0.1) is 0 Å². The van der Waals surface area contributed by atoms with E-state index in [2.05, 4.69) is 26.8 Å². The number of rotatable bonds is 6. The third kappa shape index (κ3) is 6.48. The highest BCUT2D eigenvalue weighted by Gasteiger charge is 2.60. The number of halogens is 2. The van der Waals surface area contributed by atoms with Crippen molar-refractivity contribution >= 4 is 41.2 Å². The smallest absolute Gasteiger partial charge is 0.493 e. The van der Waals surface area contributed by atoms with E-state index in [1.165, 1.54) is 7.11 Å². The number of piperazine rings is 1. The van der Waals surface area contributed by atoms with Gasteiger partial charge < -0.3 is 19.1 Å². The summed E-state index contributed by atoms with van der Waals surface area (Å²) in [5.74, 6) is 1.09. The van der Waals surface area contributed by atoms with Crippen LogP contribution in [0.15, 0.2) is 71.7 Å². The van der Waals surface area contributed by atoms with Gasteiger partial charge in [0.1, 0.15) is 22.7 Å². The molecule has 0 radical (unpaired) electrons. The summed E-state index contributed by atoms with van der Waals surface area (Å²) in [6, 6.07) is 20.9. The van der Waals surface area contributed by atoms with Crippen LogP contribution in [-0.2, 0) is 26.0 Å². The standard InChI is InChI=1S/C37H44Cl2N4O5/c1-9-47-30-22-26(35(2,3)4)14-19-29(30)32-40-36(5,24-10-15-27(38)16-11-24)37(6,25-12-17-28(39)18-13-25)43(32)33(44)42-21-20-41(7)31(23-42)48-34(45)46-8/h10-19,22,31H,9,20-21,23H2,1-8H3/t31-,36-,37+/m0/s1. The molecule has 0 bridgehead atoms. The monoisotopic (exact) mass is 694 g/mol. The van der Waals surface area contributed by atoms with Gasteiger partial charge in [0.05, 0.1) is 25.8 Å². The molecule has 2 aliphatic heterocycles. The van der Waals surface area contributed by atoms with Crippen LogP contribution in [0.2, 0.25) is 10.0 Å². The van der Waals surface area contributed by atoms with Crippen molar-refractivity contribution in [3.05, 3.63) is 99.0 Å². The quantitative estimate of drug-likeness (QED) is 0.243. The largest absolute Gasteiger partial charge is 0.509 e. The normalized spacial score (nSPS) is 23.1. The third-order valence-corrected chi connectivity index (χ3v) is 10.1. The first-order valence-electron chi connectivity index (χ1n) is 16.1. The van der Waals surface area contributed by atoms with Crippen LogP contribution in [0.4, 0.5) is 9.59 Å². The second kappa shape index (κ2) is 13.6. The molecule has 0 saturated carbocycles. The number of carbonyl (C=O) groups is 2. The third-order valence-electron chi connectivity index (χ3n) is 9.59. The average Bonchev–Trinajstić information content (AvgIpc) is 3.29. The lowest BCUT2D eigenvalue weighted by molar-refractivity contribution is -0.0652. The number of hydrogen-bond acceptors (Lipinski definition) is 7. The summed E-state index contributed by atoms with van der Waals surface area (Å²) in [7, 11) is 3.11. The van der Waals surface area contributed by atoms with E-state index in [0.29, 0.717) is 46.9 Å². The molecular weight excluding hydrogens is 651 g/mol. The van der Waals surface area contributed by atoms with Gasteiger partial charge in [0.15, 0.2) is 6.23 Å².